The molecule has 0 saturated carbocycles. The van der Waals surface area contributed by atoms with Crippen molar-refractivity contribution in [3.8, 4) is 11.8 Å². The number of nitrogens with zero attached hydrogens (tertiary/aromatic N) is 2. The second kappa shape index (κ2) is 5.88. The molecule has 0 aliphatic carbocycles. The third-order valence-electron chi connectivity index (χ3n) is 3.24. The van der Waals surface area contributed by atoms with Gasteiger partial charge in [-0.3, -0.25) is 4.79 Å². The van der Waals surface area contributed by atoms with Crippen molar-refractivity contribution in [1.82, 2.24) is 15.3 Å². The normalized spacial score (nSPS) is 13.5. The summed E-state index contributed by atoms with van der Waals surface area (Å²) in [5.41, 5.74) is 2.92. The number of hydrogen-bond donors (Lipinski definition) is 2. The molecular weight excluding hydrogens is 268 g/mol. The number of aromatic nitrogens is 2. The smallest absolute Gasteiger partial charge is 0.321 e. The van der Waals surface area contributed by atoms with E-state index in [0.29, 0.717) is 18.2 Å². The van der Waals surface area contributed by atoms with Crippen LogP contribution in [0.1, 0.15) is 17.5 Å². The number of fused-ring (bicyclic) bond motifs is 1. The number of carbonyl (C=O) groups is 1. The molecule has 0 unspecified atom stereocenters. The van der Waals surface area contributed by atoms with Crippen molar-refractivity contribution in [2.24, 2.45) is 0 Å². The van der Waals surface area contributed by atoms with Gasteiger partial charge in [-0.1, -0.05) is 0 Å². The largest absolute Gasteiger partial charge is 0.424 e. The van der Waals surface area contributed by atoms with Crippen LogP contribution in [-0.2, 0) is 17.8 Å². The highest BCUT2D eigenvalue weighted by Crippen LogP contribution is 2.28. The van der Waals surface area contributed by atoms with E-state index in [4.69, 9.17) is 4.74 Å². The van der Waals surface area contributed by atoms with Gasteiger partial charge >= 0.3 is 6.01 Å². The number of nitrogens with one attached hydrogen (secondary N) is 2. The average molecular weight is 284 g/mol. The number of aryl methyl sites for hydroxylation is 1. The molecule has 2 N–H and O–H groups in total. The van der Waals surface area contributed by atoms with Crippen molar-refractivity contribution < 1.29 is 9.53 Å². The van der Waals surface area contributed by atoms with E-state index in [9.17, 15) is 4.79 Å². The second-order valence-electron chi connectivity index (χ2n) is 4.87. The topological polar surface area (TPSA) is 76.1 Å². The van der Waals surface area contributed by atoms with Crippen molar-refractivity contribution in [2.75, 3.05) is 12.4 Å². The number of carbonyl (C=O) groups excluding carboxylic acids is 1. The van der Waals surface area contributed by atoms with Crippen LogP contribution in [0.15, 0.2) is 30.6 Å². The molecule has 0 fully saturated rings. The Balaban J connectivity index is 1.74. The van der Waals surface area contributed by atoms with Crippen LogP contribution in [0.5, 0.6) is 11.8 Å². The molecule has 0 bridgehead atoms. The maximum absolute atomic E-state index is 11.3. The maximum atomic E-state index is 11.3. The predicted octanol–water partition coefficient (Wildman–Crippen LogP) is 1.87. The van der Waals surface area contributed by atoms with Crippen molar-refractivity contribution >= 4 is 11.6 Å². The van der Waals surface area contributed by atoms with Gasteiger partial charge in [0.1, 0.15) is 5.75 Å². The van der Waals surface area contributed by atoms with Crippen molar-refractivity contribution in [3.63, 3.8) is 0 Å². The van der Waals surface area contributed by atoms with Crippen LogP contribution in [0.2, 0.25) is 0 Å². The zero-order valence-electron chi connectivity index (χ0n) is 11.7. The molecule has 0 atom stereocenters. The molecule has 21 heavy (non-hydrogen) atoms. The highest BCUT2D eigenvalue weighted by Gasteiger charge is 2.15. The SMILES string of the molecule is CNCc1cnc(Oc2ccc3c(c2)CCC(=O)N3)nc1. The Bertz CT molecular complexity index is 655. The molecule has 0 spiro atoms. The first-order valence-corrected chi connectivity index (χ1v) is 6.81. The summed E-state index contributed by atoms with van der Waals surface area (Å²) in [4.78, 5) is 19.7. The lowest BCUT2D eigenvalue weighted by Crippen LogP contribution is -2.18. The summed E-state index contributed by atoms with van der Waals surface area (Å²) in [5, 5.41) is 5.88. The Labute approximate surface area is 122 Å². The van der Waals surface area contributed by atoms with Gasteiger partial charge in [0, 0.05) is 36.6 Å². The minimum absolute atomic E-state index is 0.0552. The molecule has 2 aromatic rings. The van der Waals surface area contributed by atoms with E-state index in [1.165, 1.54) is 0 Å². The Kier molecular flexibility index (Phi) is 3.79. The highest BCUT2D eigenvalue weighted by atomic mass is 16.5. The average Bonchev–Trinajstić information content (AvgIpc) is 2.50. The molecule has 0 saturated heterocycles. The lowest BCUT2D eigenvalue weighted by atomic mass is 10.0. The van der Waals surface area contributed by atoms with Gasteiger partial charge in [-0.15, -0.1) is 0 Å². The summed E-state index contributed by atoms with van der Waals surface area (Å²) >= 11 is 0. The molecule has 1 aromatic carbocycles. The monoisotopic (exact) mass is 284 g/mol. The first kappa shape index (κ1) is 13.5. The quantitative estimate of drug-likeness (QED) is 0.896. The summed E-state index contributed by atoms with van der Waals surface area (Å²) in [6, 6.07) is 5.88. The molecule has 6 heteroatoms. The number of ether oxygens (including phenoxy) is 1. The Morgan fingerprint density at radius 1 is 1.29 bits per heavy atom. The number of rotatable bonds is 4. The van der Waals surface area contributed by atoms with E-state index in [1.54, 1.807) is 18.5 Å². The molecule has 1 aliphatic rings. The van der Waals surface area contributed by atoms with Crippen LogP contribution in [0, 0.1) is 0 Å². The fourth-order valence-corrected chi connectivity index (χ4v) is 2.22. The highest BCUT2D eigenvalue weighted by molar-refractivity contribution is 5.93. The van der Waals surface area contributed by atoms with E-state index < -0.39 is 0 Å². The molecule has 1 aliphatic heterocycles. The van der Waals surface area contributed by atoms with Gasteiger partial charge in [0.2, 0.25) is 5.91 Å². The van der Waals surface area contributed by atoms with Crippen molar-refractivity contribution in [2.45, 2.75) is 19.4 Å². The lowest BCUT2D eigenvalue weighted by Gasteiger charge is -2.17. The van der Waals surface area contributed by atoms with Crippen molar-refractivity contribution in [1.29, 1.82) is 0 Å². The molecule has 6 nitrogen and oxygen atoms in total. The third kappa shape index (κ3) is 3.17. The lowest BCUT2D eigenvalue weighted by molar-refractivity contribution is -0.116. The summed E-state index contributed by atoms with van der Waals surface area (Å²) in [6.07, 6.45) is 4.70. The molecular formula is C15H16N4O2. The molecule has 1 aromatic heterocycles. The zero-order valence-corrected chi connectivity index (χ0v) is 11.7. The van der Waals surface area contributed by atoms with Crippen LogP contribution in [0.25, 0.3) is 0 Å². The standard InChI is InChI=1S/C15H16N4O2/c1-16-7-10-8-17-15(18-9-10)21-12-3-4-13-11(6-12)2-5-14(20)19-13/h3-4,6,8-9,16H,2,5,7H2,1H3,(H,19,20). The Hall–Kier alpha value is -2.47. The number of benzene rings is 1. The molecule has 3 rings (SSSR count). The van der Waals surface area contributed by atoms with Gasteiger partial charge in [0.05, 0.1) is 0 Å². The van der Waals surface area contributed by atoms with Gasteiger partial charge in [-0.2, -0.15) is 0 Å². The van der Waals surface area contributed by atoms with Gasteiger partial charge < -0.3 is 15.4 Å². The van der Waals surface area contributed by atoms with E-state index in [0.717, 1.165) is 29.8 Å². The van der Waals surface area contributed by atoms with Crippen LogP contribution >= 0.6 is 0 Å². The Morgan fingerprint density at radius 3 is 2.86 bits per heavy atom. The number of anilines is 1. The molecule has 1 amide bonds. The minimum atomic E-state index is 0.0552. The fourth-order valence-electron chi connectivity index (χ4n) is 2.22. The van der Waals surface area contributed by atoms with Crippen LogP contribution in [-0.4, -0.2) is 22.9 Å². The summed E-state index contributed by atoms with van der Waals surface area (Å²) in [6.45, 7) is 0.721. The molecule has 0 radical (unpaired) electrons. The molecule has 108 valence electrons. The van der Waals surface area contributed by atoms with Gasteiger partial charge in [-0.25, -0.2) is 9.97 Å². The molecule has 2 heterocycles. The second-order valence-corrected chi connectivity index (χ2v) is 4.87. The third-order valence-corrected chi connectivity index (χ3v) is 3.24. The van der Waals surface area contributed by atoms with Gasteiger partial charge in [0.25, 0.3) is 0 Å². The van der Waals surface area contributed by atoms with Crippen LogP contribution in [0.3, 0.4) is 0 Å². The zero-order chi connectivity index (χ0) is 14.7. The van der Waals surface area contributed by atoms with E-state index in [2.05, 4.69) is 20.6 Å². The van der Waals surface area contributed by atoms with E-state index in [-0.39, 0.29) is 5.91 Å². The van der Waals surface area contributed by atoms with Gasteiger partial charge in [-0.05, 0) is 37.2 Å². The van der Waals surface area contributed by atoms with Crippen molar-refractivity contribution in [3.05, 3.63) is 41.7 Å². The van der Waals surface area contributed by atoms with E-state index in [1.807, 2.05) is 19.2 Å². The first-order valence-electron chi connectivity index (χ1n) is 6.81. The Morgan fingerprint density at radius 2 is 2.10 bits per heavy atom. The number of amides is 1. The van der Waals surface area contributed by atoms with E-state index >= 15 is 0 Å². The maximum Gasteiger partial charge on any atom is 0.321 e. The van der Waals surface area contributed by atoms with Crippen LogP contribution in [0.4, 0.5) is 5.69 Å². The number of hydrogen-bond acceptors (Lipinski definition) is 5. The fraction of sp³-hybridized carbons (Fsp3) is 0.267. The summed E-state index contributed by atoms with van der Waals surface area (Å²) < 4.78 is 5.65. The predicted molar refractivity (Wildman–Crippen MR) is 78.3 cm³/mol. The summed E-state index contributed by atoms with van der Waals surface area (Å²) in [5.74, 6) is 0.728. The summed E-state index contributed by atoms with van der Waals surface area (Å²) in [7, 11) is 1.87. The minimum Gasteiger partial charge on any atom is -0.424 e. The van der Waals surface area contributed by atoms with Gasteiger partial charge in [0.15, 0.2) is 0 Å². The van der Waals surface area contributed by atoms with Crippen LogP contribution < -0.4 is 15.4 Å². The first-order chi connectivity index (χ1) is 10.2.